The SMILES string of the molecule is O=C(O)Cc1sc(NN=Cc2ccc(O)cc2O)nc1-c1ccccc1. The number of aromatic nitrogens is 1. The van der Waals surface area contributed by atoms with Crippen molar-refractivity contribution in [2.24, 2.45) is 5.10 Å². The number of hydrazone groups is 1. The number of carboxylic acid groups (broad SMARTS) is 1. The van der Waals surface area contributed by atoms with Crippen molar-refractivity contribution in [1.82, 2.24) is 4.98 Å². The topological polar surface area (TPSA) is 115 Å². The van der Waals surface area contributed by atoms with Crippen LogP contribution in [0.4, 0.5) is 5.13 Å². The molecular formula is C18H15N3O4S. The largest absolute Gasteiger partial charge is 0.508 e. The number of carboxylic acids is 1. The molecule has 8 heteroatoms. The Labute approximate surface area is 152 Å². The molecule has 0 unspecified atom stereocenters. The molecule has 1 heterocycles. The fraction of sp³-hybridized carbons (Fsp3) is 0.0556. The van der Waals surface area contributed by atoms with Crippen LogP contribution in [0, 0.1) is 0 Å². The van der Waals surface area contributed by atoms with Crippen LogP contribution in [0.2, 0.25) is 0 Å². The summed E-state index contributed by atoms with van der Waals surface area (Å²) in [5.41, 5.74) is 4.59. The first-order valence-electron chi connectivity index (χ1n) is 7.61. The zero-order chi connectivity index (χ0) is 18.5. The molecule has 0 atom stereocenters. The Balaban J connectivity index is 1.83. The summed E-state index contributed by atoms with van der Waals surface area (Å²) in [6, 6.07) is 13.5. The van der Waals surface area contributed by atoms with Crippen LogP contribution in [0.25, 0.3) is 11.3 Å². The highest BCUT2D eigenvalue weighted by Crippen LogP contribution is 2.31. The molecule has 0 spiro atoms. The zero-order valence-corrected chi connectivity index (χ0v) is 14.3. The zero-order valence-electron chi connectivity index (χ0n) is 13.5. The summed E-state index contributed by atoms with van der Waals surface area (Å²) in [5, 5.41) is 32.6. The molecule has 0 fully saturated rings. The Kier molecular flexibility index (Phi) is 5.14. The van der Waals surface area contributed by atoms with Gasteiger partial charge in [-0.1, -0.05) is 41.7 Å². The van der Waals surface area contributed by atoms with Gasteiger partial charge >= 0.3 is 5.97 Å². The van der Waals surface area contributed by atoms with Gasteiger partial charge in [-0.2, -0.15) is 5.10 Å². The van der Waals surface area contributed by atoms with Crippen LogP contribution in [0.1, 0.15) is 10.4 Å². The van der Waals surface area contributed by atoms with Crippen molar-refractivity contribution in [1.29, 1.82) is 0 Å². The van der Waals surface area contributed by atoms with Crippen molar-refractivity contribution >= 4 is 28.7 Å². The Bertz CT molecular complexity index is 954. The number of phenolic OH excluding ortho intramolecular Hbond substituents is 2. The predicted molar refractivity (Wildman–Crippen MR) is 99.9 cm³/mol. The lowest BCUT2D eigenvalue weighted by molar-refractivity contribution is -0.136. The maximum absolute atomic E-state index is 11.1. The monoisotopic (exact) mass is 369 g/mol. The average molecular weight is 369 g/mol. The van der Waals surface area contributed by atoms with Crippen molar-refractivity contribution in [3.63, 3.8) is 0 Å². The molecule has 2 aromatic carbocycles. The van der Waals surface area contributed by atoms with Gasteiger partial charge in [0.2, 0.25) is 5.13 Å². The third-order valence-electron chi connectivity index (χ3n) is 3.43. The minimum absolute atomic E-state index is 0.0432. The van der Waals surface area contributed by atoms with Gasteiger partial charge in [0.05, 0.1) is 18.3 Å². The quantitative estimate of drug-likeness (QED) is 0.391. The molecule has 26 heavy (non-hydrogen) atoms. The lowest BCUT2D eigenvalue weighted by Gasteiger charge is -1.99. The van der Waals surface area contributed by atoms with E-state index in [0.717, 1.165) is 5.56 Å². The standard InChI is InChI=1S/C18H15N3O4S/c22-13-7-6-12(14(23)8-13)10-19-21-18-20-17(11-4-2-1-3-5-11)15(26-18)9-16(24)25/h1-8,10,22-23H,9H2,(H,20,21)(H,24,25). The van der Waals surface area contributed by atoms with E-state index in [1.54, 1.807) is 0 Å². The van der Waals surface area contributed by atoms with Crippen molar-refractivity contribution in [2.75, 3.05) is 5.43 Å². The molecule has 4 N–H and O–H groups in total. The van der Waals surface area contributed by atoms with Crippen molar-refractivity contribution < 1.29 is 20.1 Å². The third kappa shape index (κ3) is 4.17. The molecular weight excluding hydrogens is 354 g/mol. The maximum atomic E-state index is 11.1. The Morgan fingerprint density at radius 1 is 1.19 bits per heavy atom. The van der Waals surface area contributed by atoms with Gasteiger partial charge in [0.1, 0.15) is 11.5 Å². The summed E-state index contributed by atoms with van der Waals surface area (Å²) in [6.07, 6.45) is 1.25. The van der Waals surface area contributed by atoms with Gasteiger partial charge in [0.25, 0.3) is 0 Å². The van der Waals surface area contributed by atoms with Crippen LogP contribution in [0.3, 0.4) is 0 Å². The first-order chi connectivity index (χ1) is 12.5. The van der Waals surface area contributed by atoms with E-state index >= 15 is 0 Å². The second-order valence-corrected chi connectivity index (χ2v) is 6.42. The first kappa shape index (κ1) is 17.4. The van der Waals surface area contributed by atoms with E-state index in [9.17, 15) is 15.0 Å². The summed E-state index contributed by atoms with van der Waals surface area (Å²) in [6.45, 7) is 0. The first-order valence-corrected chi connectivity index (χ1v) is 8.42. The number of hydrogen-bond acceptors (Lipinski definition) is 7. The normalized spacial score (nSPS) is 10.9. The van der Waals surface area contributed by atoms with Gasteiger partial charge in [0.15, 0.2) is 0 Å². The second-order valence-electron chi connectivity index (χ2n) is 5.34. The number of carbonyl (C=O) groups is 1. The van der Waals surface area contributed by atoms with Crippen LogP contribution in [-0.4, -0.2) is 32.5 Å². The summed E-state index contributed by atoms with van der Waals surface area (Å²) in [4.78, 5) is 16.2. The van der Waals surface area contributed by atoms with Crippen LogP contribution < -0.4 is 5.43 Å². The summed E-state index contributed by atoms with van der Waals surface area (Å²) in [5.74, 6) is -1.08. The number of benzene rings is 2. The molecule has 7 nitrogen and oxygen atoms in total. The number of anilines is 1. The van der Waals surface area contributed by atoms with Crippen LogP contribution in [0.15, 0.2) is 53.6 Å². The minimum Gasteiger partial charge on any atom is -0.508 e. The predicted octanol–water partition coefficient (Wildman–Crippen LogP) is 3.29. The smallest absolute Gasteiger partial charge is 0.308 e. The van der Waals surface area contributed by atoms with Gasteiger partial charge in [-0.15, -0.1) is 0 Å². The average Bonchev–Trinajstić information content (AvgIpc) is 2.99. The van der Waals surface area contributed by atoms with Gasteiger partial charge in [-0.3, -0.25) is 10.2 Å². The second kappa shape index (κ2) is 7.66. The number of aromatic hydroxyl groups is 2. The number of nitrogens with one attached hydrogen (secondary N) is 1. The highest BCUT2D eigenvalue weighted by atomic mass is 32.1. The number of hydrogen-bond donors (Lipinski definition) is 4. The number of thiazole rings is 1. The third-order valence-corrected chi connectivity index (χ3v) is 4.39. The van der Waals surface area contributed by atoms with E-state index in [-0.39, 0.29) is 17.9 Å². The highest BCUT2D eigenvalue weighted by molar-refractivity contribution is 7.16. The van der Waals surface area contributed by atoms with Gasteiger partial charge in [-0.25, -0.2) is 4.98 Å². The van der Waals surface area contributed by atoms with Crippen LogP contribution in [0.5, 0.6) is 11.5 Å². The van der Waals surface area contributed by atoms with Crippen molar-refractivity contribution in [3.05, 3.63) is 59.0 Å². The Hall–Kier alpha value is -3.39. The minimum atomic E-state index is -0.935. The highest BCUT2D eigenvalue weighted by Gasteiger charge is 2.15. The number of phenols is 2. The number of aliphatic carboxylic acids is 1. The van der Waals surface area contributed by atoms with Crippen LogP contribution >= 0.6 is 11.3 Å². The lowest BCUT2D eigenvalue weighted by Crippen LogP contribution is -1.99. The number of rotatable bonds is 6. The van der Waals surface area contributed by atoms with Gasteiger partial charge in [-0.05, 0) is 12.1 Å². The molecule has 0 radical (unpaired) electrons. The van der Waals surface area contributed by atoms with E-state index in [2.05, 4.69) is 15.5 Å². The summed E-state index contributed by atoms with van der Waals surface area (Å²) in [7, 11) is 0. The maximum Gasteiger partial charge on any atom is 0.308 e. The molecule has 1 aromatic heterocycles. The van der Waals surface area contributed by atoms with Gasteiger partial charge < -0.3 is 15.3 Å². The lowest BCUT2D eigenvalue weighted by atomic mass is 10.1. The van der Waals surface area contributed by atoms with Crippen molar-refractivity contribution in [2.45, 2.75) is 6.42 Å². The van der Waals surface area contributed by atoms with E-state index in [4.69, 9.17) is 5.11 Å². The Morgan fingerprint density at radius 3 is 2.65 bits per heavy atom. The molecule has 0 aliphatic rings. The molecule has 3 aromatic rings. The number of nitrogens with zero attached hydrogens (tertiary/aromatic N) is 2. The molecule has 0 saturated carbocycles. The summed E-state index contributed by atoms with van der Waals surface area (Å²) < 4.78 is 0. The van der Waals surface area contributed by atoms with E-state index in [1.807, 2.05) is 30.3 Å². The molecule has 132 valence electrons. The molecule has 3 rings (SSSR count). The van der Waals surface area contributed by atoms with Gasteiger partial charge in [0, 0.05) is 22.1 Å². The fourth-order valence-electron chi connectivity index (χ4n) is 2.28. The Morgan fingerprint density at radius 2 is 1.96 bits per heavy atom. The van der Waals surface area contributed by atoms with E-state index in [0.29, 0.717) is 21.3 Å². The molecule has 0 amide bonds. The molecule has 0 aliphatic carbocycles. The van der Waals surface area contributed by atoms with E-state index < -0.39 is 5.97 Å². The molecule has 0 aliphatic heterocycles. The molecule has 0 bridgehead atoms. The van der Waals surface area contributed by atoms with E-state index in [1.165, 1.54) is 35.8 Å². The summed E-state index contributed by atoms with van der Waals surface area (Å²) >= 11 is 1.21. The van der Waals surface area contributed by atoms with Crippen molar-refractivity contribution in [3.8, 4) is 22.8 Å². The fourth-order valence-corrected chi connectivity index (χ4v) is 3.20. The van der Waals surface area contributed by atoms with Crippen LogP contribution in [-0.2, 0) is 11.2 Å². The molecule has 0 saturated heterocycles.